The van der Waals surface area contributed by atoms with Crippen LogP contribution in [0.2, 0.25) is 0 Å². The van der Waals surface area contributed by atoms with Crippen LogP contribution >= 0.6 is 0 Å². The molecule has 0 amide bonds. The number of hydrogen-bond donors (Lipinski definition) is 0. The van der Waals surface area contributed by atoms with Crippen molar-refractivity contribution in [2.75, 3.05) is 13.2 Å². The number of pyridine rings is 1. The Labute approximate surface area is 168 Å². The molecule has 29 heavy (non-hydrogen) atoms. The third-order valence-corrected chi connectivity index (χ3v) is 4.23. The normalized spacial score (nSPS) is 10.7. The zero-order valence-electron chi connectivity index (χ0n) is 16.8. The lowest BCUT2D eigenvalue weighted by Gasteiger charge is -2.13. The van der Waals surface area contributed by atoms with Gasteiger partial charge in [0, 0.05) is 11.8 Å². The van der Waals surface area contributed by atoms with Gasteiger partial charge in [0.05, 0.1) is 24.5 Å². The van der Waals surface area contributed by atoms with E-state index in [4.69, 9.17) is 14.2 Å². The SMILES string of the molecule is CCCOc1ccc(C(=O)OCc2cc(=O)n3c(C)cccc3n2)cc1OCC. The van der Waals surface area contributed by atoms with E-state index in [2.05, 4.69) is 4.98 Å². The van der Waals surface area contributed by atoms with Crippen LogP contribution < -0.4 is 15.0 Å². The van der Waals surface area contributed by atoms with Gasteiger partial charge in [-0.2, -0.15) is 0 Å². The Morgan fingerprint density at radius 2 is 1.90 bits per heavy atom. The van der Waals surface area contributed by atoms with Crippen LogP contribution in [0, 0.1) is 6.92 Å². The Kier molecular flexibility index (Phi) is 6.49. The molecule has 2 aromatic heterocycles. The van der Waals surface area contributed by atoms with E-state index in [1.165, 1.54) is 10.5 Å². The van der Waals surface area contributed by atoms with Gasteiger partial charge in [-0.05, 0) is 50.6 Å². The van der Waals surface area contributed by atoms with Crippen LogP contribution in [0.3, 0.4) is 0 Å². The van der Waals surface area contributed by atoms with E-state index in [1.54, 1.807) is 24.3 Å². The number of rotatable bonds is 8. The summed E-state index contributed by atoms with van der Waals surface area (Å²) in [6, 6.07) is 11.7. The molecule has 0 bridgehead atoms. The summed E-state index contributed by atoms with van der Waals surface area (Å²) in [5, 5.41) is 0. The summed E-state index contributed by atoms with van der Waals surface area (Å²) in [7, 11) is 0. The van der Waals surface area contributed by atoms with Crippen LogP contribution in [0.1, 0.15) is 42.0 Å². The molecule has 0 N–H and O–H groups in total. The van der Waals surface area contributed by atoms with Crippen LogP contribution in [0.4, 0.5) is 0 Å². The van der Waals surface area contributed by atoms with Crippen molar-refractivity contribution in [3.63, 3.8) is 0 Å². The molecule has 0 atom stereocenters. The topological polar surface area (TPSA) is 79.1 Å². The third-order valence-electron chi connectivity index (χ3n) is 4.23. The highest BCUT2D eigenvalue weighted by Crippen LogP contribution is 2.29. The Balaban J connectivity index is 1.76. The smallest absolute Gasteiger partial charge is 0.338 e. The highest BCUT2D eigenvalue weighted by atomic mass is 16.5. The highest BCUT2D eigenvalue weighted by Gasteiger charge is 2.14. The summed E-state index contributed by atoms with van der Waals surface area (Å²) in [5.74, 6) is 0.553. The number of fused-ring (bicyclic) bond motifs is 1. The predicted octanol–water partition coefficient (Wildman–Crippen LogP) is 3.55. The Bertz CT molecular complexity index is 1070. The van der Waals surface area contributed by atoms with Gasteiger partial charge in [0.1, 0.15) is 12.3 Å². The molecule has 0 aliphatic rings. The van der Waals surface area contributed by atoms with Crippen LogP contribution in [0.15, 0.2) is 47.3 Å². The predicted molar refractivity (Wildman–Crippen MR) is 109 cm³/mol. The van der Waals surface area contributed by atoms with E-state index < -0.39 is 5.97 Å². The number of carbonyl (C=O) groups excluding carboxylic acids is 1. The quantitative estimate of drug-likeness (QED) is 0.542. The Hall–Kier alpha value is -3.35. The average Bonchev–Trinajstić information content (AvgIpc) is 2.71. The number of ether oxygens (including phenoxy) is 3. The number of aryl methyl sites for hydroxylation is 1. The zero-order valence-corrected chi connectivity index (χ0v) is 16.8. The molecule has 0 saturated carbocycles. The largest absolute Gasteiger partial charge is 0.490 e. The van der Waals surface area contributed by atoms with Crippen molar-refractivity contribution in [2.24, 2.45) is 0 Å². The molecule has 0 radical (unpaired) electrons. The average molecular weight is 396 g/mol. The van der Waals surface area contributed by atoms with Gasteiger partial charge < -0.3 is 14.2 Å². The summed E-state index contributed by atoms with van der Waals surface area (Å²) >= 11 is 0. The van der Waals surface area contributed by atoms with Crippen LogP contribution in [-0.4, -0.2) is 28.6 Å². The van der Waals surface area contributed by atoms with Crippen molar-refractivity contribution in [1.29, 1.82) is 0 Å². The maximum absolute atomic E-state index is 12.5. The number of carbonyl (C=O) groups is 1. The highest BCUT2D eigenvalue weighted by molar-refractivity contribution is 5.90. The third kappa shape index (κ3) is 4.74. The maximum Gasteiger partial charge on any atom is 0.338 e. The number of esters is 1. The second-order valence-electron chi connectivity index (χ2n) is 6.47. The minimum Gasteiger partial charge on any atom is -0.490 e. The van der Waals surface area contributed by atoms with Crippen molar-refractivity contribution in [3.05, 3.63) is 69.8 Å². The lowest BCUT2D eigenvalue weighted by molar-refractivity contribution is 0.0467. The fraction of sp³-hybridized carbons (Fsp3) is 0.318. The van der Waals surface area contributed by atoms with E-state index in [0.29, 0.717) is 41.6 Å². The van der Waals surface area contributed by atoms with E-state index in [0.717, 1.165) is 12.1 Å². The monoisotopic (exact) mass is 396 g/mol. The maximum atomic E-state index is 12.5. The zero-order chi connectivity index (χ0) is 20.8. The Morgan fingerprint density at radius 3 is 2.66 bits per heavy atom. The molecule has 0 spiro atoms. The van der Waals surface area contributed by atoms with E-state index >= 15 is 0 Å². The van der Waals surface area contributed by atoms with Crippen molar-refractivity contribution < 1.29 is 19.0 Å². The minimum atomic E-state index is -0.528. The van der Waals surface area contributed by atoms with Crippen molar-refractivity contribution in [2.45, 2.75) is 33.8 Å². The molecule has 152 valence electrons. The molecular formula is C22H24N2O5. The first kappa shape index (κ1) is 20.4. The fourth-order valence-corrected chi connectivity index (χ4v) is 2.90. The van der Waals surface area contributed by atoms with Gasteiger partial charge in [-0.15, -0.1) is 0 Å². The number of nitrogens with zero attached hydrogens (tertiary/aromatic N) is 2. The molecule has 7 heteroatoms. The summed E-state index contributed by atoms with van der Waals surface area (Å²) in [5.41, 5.74) is 1.82. The van der Waals surface area contributed by atoms with Crippen molar-refractivity contribution in [1.82, 2.24) is 9.38 Å². The lowest BCUT2D eigenvalue weighted by Crippen LogP contribution is -2.18. The molecule has 0 aliphatic heterocycles. The first-order valence-corrected chi connectivity index (χ1v) is 9.58. The second-order valence-corrected chi connectivity index (χ2v) is 6.47. The molecule has 7 nitrogen and oxygen atoms in total. The van der Waals surface area contributed by atoms with Crippen molar-refractivity contribution in [3.8, 4) is 11.5 Å². The van der Waals surface area contributed by atoms with Gasteiger partial charge in [0.15, 0.2) is 11.5 Å². The lowest BCUT2D eigenvalue weighted by atomic mass is 10.2. The fourth-order valence-electron chi connectivity index (χ4n) is 2.90. The van der Waals surface area contributed by atoms with E-state index in [-0.39, 0.29) is 12.2 Å². The second kappa shape index (κ2) is 9.23. The first-order valence-electron chi connectivity index (χ1n) is 9.58. The van der Waals surface area contributed by atoms with Gasteiger partial charge in [-0.3, -0.25) is 9.20 Å². The van der Waals surface area contributed by atoms with Gasteiger partial charge in [0.2, 0.25) is 0 Å². The van der Waals surface area contributed by atoms with Crippen LogP contribution in [0.25, 0.3) is 5.65 Å². The molecule has 0 saturated heterocycles. The molecule has 0 fully saturated rings. The summed E-state index contributed by atoms with van der Waals surface area (Å²) in [6.45, 7) is 6.62. The van der Waals surface area contributed by atoms with Gasteiger partial charge in [-0.25, -0.2) is 9.78 Å². The van der Waals surface area contributed by atoms with Crippen molar-refractivity contribution >= 4 is 11.6 Å². The number of benzene rings is 1. The molecule has 0 unspecified atom stereocenters. The minimum absolute atomic E-state index is 0.101. The molecule has 2 heterocycles. The van der Waals surface area contributed by atoms with Gasteiger partial charge >= 0.3 is 5.97 Å². The molecule has 1 aromatic carbocycles. The molecule has 3 rings (SSSR count). The van der Waals surface area contributed by atoms with E-state index in [9.17, 15) is 9.59 Å². The van der Waals surface area contributed by atoms with E-state index in [1.807, 2.05) is 32.9 Å². The van der Waals surface area contributed by atoms with Gasteiger partial charge in [-0.1, -0.05) is 13.0 Å². The molecule has 3 aromatic rings. The first-order chi connectivity index (χ1) is 14.0. The summed E-state index contributed by atoms with van der Waals surface area (Å²) < 4.78 is 18.1. The molecular weight excluding hydrogens is 372 g/mol. The Morgan fingerprint density at radius 1 is 1.07 bits per heavy atom. The summed E-state index contributed by atoms with van der Waals surface area (Å²) in [6.07, 6.45) is 0.869. The van der Waals surface area contributed by atoms with Gasteiger partial charge in [0.25, 0.3) is 5.56 Å². The summed E-state index contributed by atoms with van der Waals surface area (Å²) in [4.78, 5) is 29.2. The van der Waals surface area contributed by atoms with Crippen LogP contribution in [-0.2, 0) is 11.3 Å². The van der Waals surface area contributed by atoms with Crippen LogP contribution in [0.5, 0.6) is 11.5 Å². The number of aromatic nitrogens is 2. The number of hydrogen-bond acceptors (Lipinski definition) is 6. The molecule has 0 aliphatic carbocycles. The standard InChI is InChI=1S/C22H24N2O5/c1-4-11-28-18-10-9-16(12-19(18)27-5-2)22(26)29-14-17-13-21(25)24-15(3)7-6-8-20(24)23-17/h6-10,12-13H,4-5,11,14H2,1-3H3.